The third kappa shape index (κ3) is 12.0. The van der Waals surface area contributed by atoms with Crippen LogP contribution in [0.15, 0.2) is 0 Å². The van der Waals surface area contributed by atoms with Crippen molar-refractivity contribution in [2.45, 2.75) is 58.3 Å². The molecule has 0 aliphatic heterocycles. The van der Waals surface area contributed by atoms with E-state index in [4.69, 9.17) is 8.23 Å². The molecule has 7 heteroatoms. The molecular weight excluding hydrogens is 288 g/mol. The summed E-state index contributed by atoms with van der Waals surface area (Å²) in [5.41, 5.74) is 3.84. The summed E-state index contributed by atoms with van der Waals surface area (Å²) in [5, 5.41) is 3.40. The van der Waals surface area contributed by atoms with Crippen LogP contribution in [-0.2, 0) is 8.23 Å². The van der Waals surface area contributed by atoms with E-state index in [0.29, 0.717) is 0 Å². The highest BCUT2D eigenvalue weighted by Crippen LogP contribution is 2.25. The van der Waals surface area contributed by atoms with Crippen LogP contribution in [0.2, 0.25) is 51.9 Å². The molecule has 0 saturated carbocycles. The molecule has 0 heterocycles. The van der Waals surface area contributed by atoms with Gasteiger partial charge in [0.1, 0.15) is 0 Å². The molecule has 0 aromatic carbocycles. The SMILES string of the molecule is C[Si](C)(C)O[Si](C)(CCCNCC[NH3+])O[Si](C)(C)C. The Morgan fingerprint density at radius 3 is 1.68 bits per heavy atom. The van der Waals surface area contributed by atoms with Crippen LogP contribution in [0.25, 0.3) is 0 Å². The highest BCUT2D eigenvalue weighted by atomic mass is 28.5. The summed E-state index contributed by atoms with van der Waals surface area (Å²) in [7, 11) is -5.09. The Balaban J connectivity index is 4.41. The van der Waals surface area contributed by atoms with E-state index in [-0.39, 0.29) is 0 Å². The Bertz CT molecular complexity index is 236. The Hall–Kier alpha value is 0.491. The van der Waals surface area contributed by atoms with Crippen molar-refractivity contribution < 1.29 is 14.0 Å². The zero-order valence-electron chi connectivity index (χ0n) is 14.1. The summed E-state index contributed by atoms with van der Waals surface area (Å²) in [6, 6.07) is 1.09. The predicted molar refractivity (Wildman–Crippen MR) is 90.5 cm³/mol. The standard InChI is InChI=1S/C12H34N2O2Si3/c1-17(2,3)15-19(7,16-18(4,5)6)12-8-10-14-11-9-13/h14H,8-13H2,1-7H3/p+1. The van der Waals surface area contributed by atoms with Crippen LogP contribution in [0.5, 0.6) is 0 Å². The van der Waals surface area contributed by atoms with E-state index in [9.17, 15) is 0 Å². The largest absolute Gasteiger partial charge is 0.437 e. The van der Waals surface area contributed by atoms with E-state index in [1.807, 2.05) is 0 Å². The molecule has 0 fully saturated rings. The lowest BCUT2D eigenvalue weighted by Crippen LogP contribution is -2.54. The summed E-state index contributed by atoms with van der Waals surface area (Å²) in [5.74, 6) is 0. The molecule has 0 rings (SSSR count). The lowest BCUT2D eigenvalue weighted by molar-refractivity contribution is -0.365. The van der Waals surface area contributed by atoms with Crippen LogP contribution < -0.4 is 11.1 Å². The average molecular weight is 324 g/mol. The molecule has 0 atom stereocenters. The predicted octanol–water partition coefficient (Wildman–Crippen LogP) is 1.98. The molecule has 0 aliphatic rings. The van der Waals surface area contributed by atoms with Crippen molar-refractivity contribution in [1.29, 1.82) is 0 Å². The van der Waals surface area contributed by atoms with Gasteiger partial charge in [-0.2, -0.15) is 0 Å². The van der Waals surface area contributed by atoms with Gasteiger partial charge in [0, 0.05) is 6.54 Å². The van der Waals surface area contributed by atoms with Crippen LogP contribution in [0.1, 0.15) is 6.42 Å². The van der Waals surface area contributed by atoms with Gasteiger partial charge in [0.05, 0.1) is 6.54 Å². The van der Waals surface area contributed by atoms with Gasteiger partial charge in [0.2, 0.25) is 0 Å². The highest BCUT2D eigenvalue weighted by molar-refractivity contribution is 6.87. The van der Waals surface area contributed by atoms with E-state index in [1.54, 1.807) is 0 Å². The average Bonchev–Trinajstić information content (AvgIpc) is 2.10. The van der Waals surface area contributed by atoms with Crippen molar-refractivity contribution in [3.63, 3.8) is 0 Å². The lowest BCUT2D eigenvalue weighted by atomic mass is 10.5. The third-order valence-corrected chi connectivity index (χ3v) is 12.0. The van der Waals surface area contributed by atoms with Crippen LogP contribution in [0.3, 0.4) is 0 Å². The molecule has 0 aliphatic carbocycles. The maximum absolute atomic E-state index is 6.46. The van der Waals surface area contributed by atoms with E-state index >= 15 is 0 Å². The Morgan fingerprint density at radius 2 is 1.32 bits per heavy atom. The first-order chi connectivity index (χ1) is 8.47. The van der Waals surface area contributed by atoms with Crippen LogP contribution in [-0.4, -0.2) is 44.8 Å². The van der Waals surface area contributed by atoms with E-state index < -0.39 is 25.2 Å². The molecule has 0 saturated heterocycles. The summed E-state index contributed by atoms with van der Waals surface area (Å²) in [6.45, 7) is 18.8. The van der Waals surface area contributed by atoms with E-state index in [0.717, 1.165) is 32.1 Å². The van der Waals surface area contributed by atoms with Crippen LogP contribution in [0.4, 0.5) is 0 Å². The van der Waals surface area contributed by atoms with Gasteiger partial charge in [-0.3, -0.25) is 0 Å². The minimum Gasteiger partial charge on any atom is -0.437 e. The van der Waals surface area contributed by atoms with E-state index in [2.05, 4.69) is 56.9 Å². The third-order valence-electron chi connectivity index (χ3n) is 2.38. The first kappa shape index (κ1) is 19.5. The molecular formula is C12H35N2O2Si3+. The smallest absolute Gasteiger partial charge is 0.314 e. The fourth-order valence-corrected chi connectivity index (χ4v) is 14.7. The summed E-state index contributed by atoms with van der Waals surface area (Å²) in [6.07, 6.45) is 1.14. The van der Waals surface area contributed by atoms with Crippen molar-refractivity contribution in [2.24, 2.45) is 0 Å². The molecule has 0 bridgehead atoms. The van der Waals surface area contributed by atoms with Gasteiger partial charge < -0.3 is 19.3 Å². The topological polar surface area (TPSA) is 58.1 Å². The Kier molecular flexibility index (Phi) is 8.27. The maximum Gasteiger partial charge on any atom is 0.314 e. The summed E-state index contributed by atoms with van der Waals surface area (Å²) in [4.78, 5) is 0. The quantitative estimate of drug-likeness (QED) is 0.477. The molecule has 4 N–H and O–H groups in total. The van der Waals surface area contributed by atoms with Gasteiger partial charge in [-0.15, -0.1) is 0 Å². The number of quaternary nitrogens is 1. The van der Waals surface area contributed by atoms with Crippen LogP contribution >= 0.6 is 0 Å². The second kappa shape index (κ2) is 8.06. The number of nitrogens with one attached hydrogen (secondary N) is 1. The summed E-state index contributed by atoms with van der Waals surface area (Å²) >= 11 is 0. The van der Waals surface area contributed by atoms with Crippen molar-refractivity contribution in [3.8, 4) is 0 Å². The van der Waals surface area contributed by atoms with Gasteiger partial charge >= 0.3 is 8.56 Å². The molecule has 0 spiro atoms. The first-order valence-corrected chi connectivity index (χ1v) is 16.7. The second-order valence-electron chi connectivity index (χ2n) is 7.27. The number of rotatable bonds is 10. The molecule has 0 radical (unpaired) electrons. The van der Waals surface area contributed by atoms with Crippen molar-refractivity contribution in [3.05, 3.63) is 0 Å². The monoisotopic (exact) mass is 323 g/mol. The molecule has 0 amide bonds. The zero-order valence-corrected chi connectivity index (χ0v) is 17.1. The molecule has 116 valence electrons. The number of hydrogen-bond donors (Lipinski definition) is 2. The molecule has 0 aromatic rings. The second-order valence-corrected chi connectivity index (χ2v) is 20.1. The van der Waals surface area contributed by atoms with Crippen molar-refractivity contribution in [1.82, 2.24) is 5.32 Å². The van der Waals surface area contributed by atoms with Gasteiger partial charge in [0.15, 0.2) is 16.6 Å². The van der Waals surface area contributed by atoms with E-state index in [1.165, 1.54) is 0 Å². The molecule has 4 nitrogen and oxygen atoms in total. The van der Waals surface area contributed by atoms with Crippen molar-refractivity contribution in [2.75, 3.05) is 19.6 Å². The van der Waals surface area contributed by atoms with Gasteiger partial charge in [-0.1, -0.05) is 0 Å². The fraction of sp³-hybridized carbons (Fsp3) is 1.00. The van der Waals surface area contributed by atoms with Crippen LogP contribution in [0, 0.1) is 0 Å². The Labute approximate surface area is 123 Å². The van der Waals surface area contributed by atoms with Gasteiger partial charge in [0.25, 0.3) is 0 Å². The first-order valence-electron chi connectivity index (χ1n) is 7.38. The lowest BCUT2D eigenvalue weighted by Gasteiger charge is -2.38. The minimum atomic E-state index is -2.01. The minimum absolute atomic E-state index is 0.950. The normalized spacial score (nSPS) is 13.9. The summed E-state index contributed by atoms with van der Waals surface area (Å²) < 4.78 is 12.9. The molecule has 0 aromatic heterocycles. The van der Waals surface area contributed by atoms with Gasteiger partial charge in [-0.25, -0.2) is 0 Å². The highest BCUT2D eigenvalue weighted by Gasteiger charge is 2.39. The maximum atomic E-state index is 6.46. The van der Waals surface area contributed by atoms with Gasteiger partial charge in [-0.05, 0) is 64.8 Å². The number of hydrogen-bond acceptors (Lipinski definition) is 3. The Morgan fingerprint density at radius 1 is 0.842 bits per heavy atom. The van der Waals surface area contributed by atoms with Crippen molar-refractivity contribution >= 4 is 25.2 Å². The molecule has 19 heavy (non-hydrogen) atoms. The zero-order chi connectivity index (χ0) is 15.2. The fourth-order valence-electron chi connectivity index (χ4n) is 2.20. The molecule has 0 unspecified atom stereocenters.